The van der Waals surface area contributed by atoms with Crippen LogP contribution >= 0.6 is 0 Å². The minimum Gasteiger partial charge on any atom is -0.335 e. The molecule has 4 nitrogen and oxygen atoms in total. The van der Waals surface area contributed by atoms with Gasteiger partial charge in [0.1, 0.15) is 0 Å². The molecule has 0 bridgehead atoms. The molecule has 1 heterocycles. The summed E-state index contributed by atoms with van der Waals surface area (Å²) < 4.78 is 0. The molecule has 1 saturated carbocycles. The monoisotopic (exact) mass is 315 g/mol. The van der Waals surface area contributed by atoms with Crippen LogP contribution < -0.4 is 5.32 Å². The standard InChI is InChI=1S/C19H29N3O/c23-19(20-18-10-6-1-2-7-11-18)22-14-12-21(13-15-22)16-17-8-4-3-5-9-17/h3-5,8-9,18H,1-2,6-7,10-16H2,(H,20,23). The summed E-state index contributed by atoms with van der Waals surface area (Å²) in [6.45, 7) is 4.59. The van der Waals surface area contributed by atoms with Gasteiger partial charge in [-0.3, -0.25) is 4.90 Å². The smallest absolute Gasteiger partial charge is 0.317 e. The molecule has 23 heavy (non-hydrogen) atoms. The Labute approximate surface area is 139 Å². The SMILES string of the molecule is O=C(NC1CCCCCC1)N1CCN(Cc2ccccc2)CC1. The van der Waals surface area contributed by atoms with Gasteiger partial charge in [-0.2, -0.15) is 0 Å². The van der Waals surface area contributed by atoms with Crippen LogP contribution in [-0.2, 0) is 6.54 Å². The molecule has 1 aliphatic carbocycles. The number of urea groups is 1. The van der Waals surface area contributed by atoms with Gasteiger partial charge in [0.25, 0.3) is 0 Å². The zero-order chi connectivity index (χ0) is 15.9. The Morgan fingerprint density at radius 1 is 0.957 bits per heavy atom. The van der Waals surface area contributed by atoms with Gasteiger partial charge in [0.2, 0.25) is 0 Å². The third kappa shape index (κ3) is 4.96. The van der Waals surface area contributed by atoms with Crippen LogP contribution in [0.1, 0.15) is 44.1 Å². The molecule has 126 valence electrons. The lowest BCUT2D eigenvalue weighted by Crippen LogP contribution is -2.53. The van der Waals surface area contributed by atoms with Crippen LogP contribution in [0.3, 0.4) is 0 Å². The van der Waals surface area contributed by atoms with Crippen LogP contribution in [0.25, 0.3) is 0 Å². The van der Waals surface area contributed by atoms with Gasteiger partial charge in [-0.1, -0.05) is 56.0 Å². The second-order valence-electron chi connectivity index (χ2n) is 6.89. The first kappa shape index (κ1) is 16.3. The molecule has 1 aromatic carbocycles. The highest BCUT2D eigenvalue weighted by Gasteiger charge is 2.23. The summed E-state index contributed by atoms with van der Waals surface area (Å²) in [5, 5.41) is 3.26. The summed E-state index contributed by atoms with van der Waals surface area (Å²) >= 11 is 0. The lowest BCUT2D eigenvalue weighted by Gasteiger charge is -2.35. The molecule has 0 spiro atoms. The fourth-order valence-corrected chi connectivity index (χ4v) is 3.64. The van der Waals surface area contributed by atoms with Crippen molar-refractivity contribution in [2.24, 2.45) is 0 Å². The number of rotatable bonds is 3. The number of piperazine rings is 1. The zero-order valence-corrected chi connectivity index (χ0v) is 14.0. The van der Waals surface area contributed by atoms with Crippen molar-refractivity contribution < 1.29 is 4.79 Å². The van der Waals surface area contributed by atoms with Crippen molar-refractivity contribution in [1.82, 2.24) is 15.1 Å². The molecule has 0 unspecified atom stereocenters. The molecule has 0 atom stereocenters. The van der Waals surface area contributed by atoms with Gasteiger partial charge >= 0.3 is 6.03 Å². The van der Waals surface area contributed by atoms with Crippen molar-refractivity contribution in [2.45, 2.75) is 51.1 Å². The normalized spacial score (nSPS) is 21.0. The van der Waals surface area contributed by atoms with E-state index in [4.69, 9.17) is 0 Å². The van der Waals surface area contributed by atoms with E-state index in [1.807, 2.05) is 4.90 Å². The highest BCUT2D eigenvalue weighted by molar-refractivity contribution is 5.74. The molecule has 1 aliphatic heterocycles. The molecule has 0 radical (unpaired) electrons. The first-order chi connectivity index (χ1) is 11.3. The number of amides is 2. The molecular weight excluding hydrogens is 286 g/mol. The first-order valence-corrected chi connectivity index (χ1v) is 9.13. The minimum absolute atomic E-state index is 0.149. The van der Waals surface area contributed by atoms with Crippen LogP contribution in [0.15, 0.2) is 30.3 Å². The summed E-state index contributed by atoms with van der Waals surface area (Å²) in [6, 6.07) is 11.1. The lowest BCUT2D eigenvalue weighted by molar-refractivity contribution is 0.132. The number of hydrogen-bond acceptors (Lipinski definition) is 2. The maximum Gasteiger partial charge on any atom is 0.317 e. The number of carbonyl (C=O) groups excluding carboxylic acids is 1. The van der Waals surface area contributed by atoms with Crippen molar-refractivity contribution >= 4 is 6.03 Å². The first-order valence-electron chi connectivity index (χ1n) is 9.13. The third-order valence-corrected chi connectivity index (χ3v) is 5.09. The maximum absolute atomic E-state index is 12.4. The van der Waals surface area contributed by atoms with E-state index in [9.17, 15) is 4.79 Å². The molecule has 2 fully saturated rings. The maximum atomic E-state index is 12.4. The van der Waals surface area contributed by atoms with Gasteiger partial charge < -0.3 is 10.2 Å². The number of nitrogens with one attached hydrogen (secondary N) is 1. The van der Waals surface area contributed by atoms with Crippen molar-refractivity contribution in [3.05, 3.63) is 35.9 Å². The van der Waals surface area contributed by atoms with Gasteiger partial charge in [0.15, 0.2) is 0 Å². The average molecular weight is 315 g/mol. The van der Waals surface area contributed by atoms with Crippen LogP contribution in [-0.4, -0.2) is 48.1 Å². The molecular formula is C19H29N3O. The van der Waals surface area contributed by atoms with Crippen molar-refractivity contribution in [3.63, 3.8) is 0 Å². The number of nitrogens with zero attached hydrogens (tertiary/aromatic N) is 2. The summed E-state index contributed by atoms with van der Waals surface area (Å²) in [5.74, 6) is 0. The molecule has 1 N–H and O–H groups in total. The molecule has 1 aromatic rings. The van der Waals surface area contributed by atoms with Gasteiger partial charge in [-0.25, -0.2) is 4.79 Å². The predicted molar refractivity (Wildman–Crippen MR) is 93.3 cm³/mol. The Morgan fingerprint density at radius 2 is 1.61 bits per heavy atom. The Bertz CT molecular complexity index is 475. The molecule has 2 amide bonds. The largest absolute Gasteiger partial charge is 0.335 e. The summed E-state index contributed by atoms with van der Waals surface area (Å²) in [6.07, 6.45) is 7.47. The van der Waals surface area contributed by atoms with Crippen molar-refractivity contribution in [2.75, 3.05) is 26.2 Å². The lowest BCUT2D eigenvalue weighted by atomic mass is 10.1. The molecule has 2 aliphatic rings. The summed E-state index contributed by atoms with van der Waals surface area (Å²) in [7, 11) is 0. The molecule has 1 saturated heterocycles. The van der Waals surface area contributed by atoms with Gasteiger partial charge in [0, 0.05) is 38.8 Å². The second-order valence-corrected chi connectivity index (χ2v) is 6.89. The van der Waals surface area contributed by atoms with E-state index in [1.165, 1.54) is 31.2 Å². The Balaban J connectivity index is 1.42. The van der Waals surface area contributed by atoms with E-state index in [1.54, 1.807) is 0 Å². The van der Waals surface area contributed by atoms with E-state index < -0.39 is 0 Å². The molecule has 4 heteroatoms. The number of hydrogen-bond donors (Lipinski definition) is 1. The molecule has 0 aromatic heterocycles. The average Bonchev–Trinajstić information content (AvgIpc) is 2.85. The van der Waals surface area contributed by atoms with Crippen LogP contribution in [0.5, 0.6) is 0 Å². The fraction of sp³-hybridized carbons (Fsp3) is 0.632. The third-order valence-electron chi connectivity index (χ3n) is 5.09. The predicted octanol–water partition coefficient (Wildman–Crippen LogP) is 3.24. The van der Waals surface area contributed by atoms with E-state index in [0.717, 1.165) is 45.6 Å². The molecule has 3 rings (SSSR count). The van der Waals surface area contributed by atoms with Crippen LogP contribution in [0.4, 0.5) is 4.79 Å². The Hall–Kier alpha value is -1.55. The Kier molecular flexibility index (Phi) is 5.92. The number of carbonyl (C=O) groups is 1. The van der Waals surface area contributed by atoms with E-state index >= 15 is 0 Å². The van der Waals surface area contributed by atoms with E-state index in [2.05, 4.69) is 40.5 Å². The van der Waals surface area contributed by atoms with Crippen LogP contribution in [0, 0.1) is 0 Å². The zero-order valence-electron chi connectivity index (χ0n) is 14.0. The highest BCUT2D eigenvalue weighted by Crippen LogP contribution is 2.17. The summed E-state index contributed by atoms with van der Waals surface area (Å²) in [5.41, 5.74) is 1.35. The van der Waals surface area contributed by atoms with Crippen LogP contribution in [0.2, 0.25) is 0 Å². The second kappa shape index (κ2) is 8.34. The van der Waals surface area contributed by atoms with Gasteiger partial charge in [-0.15, -0.1) is 0 Å². The summed E-state index contributed by atoms with van der Waals surface area (Å²) in [4.78, 5) is 16.9. The van der Waals surface area contributed by atoms with Gasteiger partial charge in [-0.05, 0) is 18.4 Å². The fourth-order valence-electron chi connectivity index (χ4n) is 3.64. The number of benzene rings is 1. The highest BCUT2D eigenvalue weighted by atomic mass is 16.2. The van der Waals surface area contributed by atoms with Gasteiger partial charge in [0.05, 0.1) is 0 Å². The van der Waals surface area contributed by atoms with Crippen molar-refractivity contribution in [3.8, 4) is 0 Å². The Morgan fingerprint density at radius 3 is 2.26 bits per heavy atom. The van der Waals surface area contributed by atoms with E-state index in [0.29, 0.717) is 6.04 Å². The van der Waals surface area contributed by atoms with E-state index in [-0.39, 0.29) is 6.03 Å². The topological polar surface area (TPSA) is 35.6 Å². The quantitative estimate of drug-likeness (QED) is 0.869. The minimum atomic E-state index is 0.149. The van der Waals surface area contributed by atoms with Crippen molar-refractivity contribution in [1.29, 1.82) is 0 Å².